The van der Waals surface area contributed by atoms with Gasteiger partial charge in [-0.15, -0.1) is 0 Å². The Labute approximate surface area is 74.0 Å². The van der Waals surface area contributed by atoms with Gasteiger partial charge < -0.3 is 9.74 Å². The van der Waals surface area contributed by atoms with Crippen molar-refractivity contribution in [3.63, 3.8) is 0 Å². The van der Waals surface area contributed by atoms with Gasteiger partial charge in [0.1, 0.15) is 0 Å². The highest BCUT2D eigenvalue weighted by molar-refractivity contribution is 4.89. The minimum atomic E-state index is 0.590. The van der Waals surface area contributed by atoms with E-state index in [4.69, 9.17) is 4.84 Å². The van der Waals surface area contributed by atoms with E-state index in [1.807, 2.05) is 6.92 Å². The molecular formula is C9H18N2O. The predicted molar refractivity (Wildman–Crippen MR) is 47.7 cm³/mol. The van der Waals surface area contributed by atoms with Crippen molar-refractivity contribution in [3.05, 3.63) is 0 Å². The Hall–Kier alpha value is -0.120. The molecule has 0 aromatic rings. The quantitative estimate of drug-likeness (QED) is 0.628. The van der Waals surface area contributed by atoms with Crippen LogP contribution in [-0.2, 0) is 4.84 Å². The summed E-state index contributed by atoms with van der Waals surface area (Å²) < 4.78 is 0. The molecule has 3 fully saturated rings. The third-order valence-electron chi connectivity index (χ3n) is 3.04. The smallest absolute Gasteiger partial charge is 0.0654 e. The van der Waals surface area contributed by atoms with Crippen molar-refractivity contribution in [1.82, 2.24) is 10.4 Å². The van der Waals surface area contributed by atoms with Gasteiger partial charge in [0.05, 0.1) is 6.61 Å². The molecule has 1 atom stereocenters. The molecule has 12 heavy (non-hydrogen) atoms. The van der Waals surface area contributed by atoms with Crippen LogP contribution in [0.1, 0.15) is 19.8 Å². The summed E-state index contributed by atoms with van der Waals surface area (Å²) in [6, 6.07) is 0.590. The molecule has 3 heterocycles. The molecule has 0 saturated carbocycles. The molecule has 0 aliphatic carbocycles. The maximum absolute atomic E-state index is 5.25. The Morgan fingerprint density at radius 2 is 2.17 bits per heavy atom. The minimum Gasteiger partial charge on any atom is -0.302 e. The van der Waals surface area contributed by atoms with Crippen LogP contribution in [0.15, 0.2) is 0 Å². The summed E-state index contributed by atoms with van der Waals surface area (Å²) in [6.07, 6.45) is 2.70. The first-order valence-electron chi connectivity index (χ1n) is 5.00. The van der Waals surface area contributed by atoms with Crippen molar-refractivity contribution in [1.29, 1.82) is 0 Å². The summed E-state index contributed by atoms with van der Waals surface area (Å²) in [5.74, 6) is 0.863. The first-order chi connectivity index (χ1) is 5.90. The van der Waals surface area contributed by atoms with Crippen molar-refractivity contribution >= 4 is 0 Å². The Morgan fingerprint density at radius 3 is 2.67 bits per heavy atom. The van der Waals surface area contributed by atoms with Gasteiger partial charge in [-0.3, -0.25) is 0 Å². The second kappa shape index (κ2) is 3.73. The molecule has 3 rings (SSSR count). The third-order valence-corrected chi connectivity index (χ3v) is 3.04. The van der Waals surface area contributed by atoms with Gasteiger partial charge in [0.2, 0.25) is 0 Å². The first kappa shape index (κ1) is 8.48. The van der Waals surface area contributed by atoms with E-state index in [1.165, 1.54) is 32.5 Å². The summed E-state index contributed by atoms with van der Waals surface area (Å²) >= 11 is 0. The number of hydroxylamine groups is 1. The highest BCUT2D eigenvalue weighted by Gasteiger charge is 2.33. The van der Waals surface area contributed by atoms with Gasteiger partial charge in [0, 0.05) is 12.6 Å². The lowest BCUT2D eigenvalue weighted by Gasteiger charge is -2.44. The highest BCUT2D eigenvalue weighted by atomic mass is 16.6. The van der Waals surface area contributed by atoms with E-state index in [2.05, 4.69) is 10.4 Å². The Kier molecular flexibility index (Phi) is 2.63. The summed E-state index contributed by atoms with van der Waals surface area (Å²) in [5.41, 5.74) is 3.16. The third kappa shape index (κ3) is 1.63. The average Bonchev–Trinajstić information content (AvgIpc) is 2.17. The van der Waals surface area contributed by atoms with Crippen LogP contribution in [0, 0.1) is 5.92 Å². The maximum Gasteiger partial charge on any atom is 0.0654 e. The molecule has 0 aromatic heterocycles. The van der Waals surface area contributed by atoms with Gasteiger partial charge >= 0.3 is 0 Å². The first-order valence-corrected chi connectivity index (χ1v) is 5.00. The van der Waals surface area contributed by atoms with E-state index >= 15 is 0 Å². The number of piperidine rings is 3. The van der Waals surface area contributed by atoms with Crippen molar-refractivity contribution in [3.8, 4) is 0 Å². The second-order valence-electron chi connectivity index (χ2n) is 3.80. The summed E-state index contributed by atoms with van der Waals surface area (Å²) in [5, 5.41) is 0. The fraction of sp³-hybridized carbons (Fsp3) is 1.00. The fourth-order valence-corrected chi connectivity index (χ4v) is 2.29. The zero-order valence-corrected chi connectivity index (χ0v) is 7.75. The van der Waals surface area contributed by atoms with Crippen molar-refractivity contribution < 1.29 is 4.84 Å². The Bertz CT molecular complexity index is 143. The molecule has 3 saturated heterocycles. The van der Waals surface area contributed by atoms with E-state index in [-0.39, 0.29) is 0 Å². The van der Waals surface area contributed by atoms with E-state index in [0.717, 1.165) is 12.5 Å². The van der Waals surface area contributed by atoms with E-state index < -0.39 is 0 Å². The molecule has 3 nitrogen and oxygen atoms in total. The molecular weight excluding hydrogens is 152 g/mol. The van der Waals surface area contributed by atoms with Gasteiger partial charge in [-0.05, 0) is 38.8 Å². The van der Waals surface area contributed by atoms with Crippen molar-refractivity contribution in [2.75, 3.05) is 26.2 Å². The molecule has 0 amide bonds. The van der Waals surface area contributed by atoms with Crippen LogP contribution >= 0.6 is 0 Å². The number of nitrogens with zero attached hydrogens (tertiary/aromatic N) is 1. The summed E-state index contributed by atoms with van der Waals surface area (Å²) in [6.45, 7) is 6.58. The number of rotatable bonds is 3. The summed E-state index contributed by atoms with van der Waals surface area (Å²) in [4.78, 5) is 7.77. The molecule has 3 heteroatoms. The van der Waals surface area contributed by atoms with Crippen LogP contribution in [0.4, 0.5) is 0 Å². The molecule has 0 radical (unpaired) electrons. The SMILES string of the molecule is CCONC1CN2CCC1CC2. The molecule has 1 unspecified atom stereocenters. The van der Waals surface area contributed by atoms with E-state index in [0.29, 0.717) is 6.04 Å². The topological polar surface area (TPSA) is 24.5 Å². The standard InChI is InChI=1S/C9H18N2O/c1-2-12-10-9-7-11-5-3-8(9)4-6-11/h8-10H,2-7H2,1H3. The lowest BCUT2D eigenvalue weighted by Crippen LogP contribution is -2.55. The molecule has 2 bridgehead atoms. The van der Waals surface area contributed by atoms with Gasteiger partial charge in [-0.2, -0.15) is 5.48 Å². The zero-order valence-electron chi connectivity index (χ0n) is 7.75. The van der Waals surface area contributed by atoms with Crippen LogP contribution in [0.5, 0.6) is 0 Å². The van der Waals surface area contributed by atoms with E-state index in [9.17, 15) is 0 Å². The van der Waals surface area contributed by atoms with Crippen LogP contribution in [0.2, 0.25) is 0 Å². The Balaban J connectivity index is 1.82. The summed E-state index contributed by atoms with van der Waals surface area (Å²) in [7, 11) is 0. The number of fused-ring (bicyclic) bond motifs is 3. The highest BCUT2D eigenvalue weighted by Crippen LogP contribution is 2.27. The van der Waals surface area contributed by atoms with Crippen LogP contribution in [-0.4, -0.2) is 37.2 Å². The number of hydrogen-bond acceptors (Lipinski definition) is 3. The van der Waals surface area contributed by atoms with Gasteiger partial charge in [0.15, 0.2) is 0 Å². The van der Waals surface area contributed by atoms with Crippen LogP contribution in [0.25, 0.3) is 0 Å². The van der Waals surface area contributed by atoms with Crippen molar-refractivity contribution in [2.24, 2.45) is 5.92 Å². The predicted octanol–water partition coefficient (Wildman–Crippen LogP) is 0.622. The largest absolute Gasteiger partial charge is 0.302 e. The molecule has 3 aliphatic rings. The molecule has 0 aromatic carbocycles. The van der Waals surface area contributed by atoms with Crippen LogP contribution in [0.3, 0.4) is 0 Å². The van der Waals surface area contributed by atoms with Crippen LogP contribution < -0.4 is 5.48 Å². The minimum absolute atomic E-state index is 0.590. The molecule has 70 valence electrons. The lowest BCUT2D eigenvalue weighted by molar-refractivity contribution is -0.0389. The van der Waals surface area contributed by atoms with Gasteiger partial charge in [-0.1, -0.05) is 0 Å². The average molecular weight is 170 g/mol. The van der Waals surface area contributed by atoms with Gasteiger partial charge in [-0.25, -0.2) is 0 Å². The van der Waals surface area contributed by atoms with Gasteiger partial charge in [0.25, 0.3) is 0 Å². The fourth-order valence-electron chi connectivity index (χ4n) is 2.29. The lowest BCUT2D eigenvalue weighted by atomic mass is 9.84. The van der Waals surface area contributed by atoms with E-state index in [1.54, 1.807) is 0 Å². The van der Waals surface area contributed by atoms with Crippen molar-refractivity contribution in [2.45, 2.75) is 25.8 Å². The number of nitrogens with one attached hydrogen (secondary N) is 1. The molecule has 0 spiro atoms. The number of hydrogen-bond donors (Lipinski definition) is 1. The molecule has 3 aliphatic heterocycles. The monoisotopic (exact) mass is 170 g/mol. The normalized spacial score (nSPS) is 40.2. The molecule has 1 N–H and O–H groups in total. The second-order valence-corrected chi connectivity index (χ2v) is 3.80. The Morgan fingerprint density at radius 1 is 1.42 bits per heavy atom. The zero-order chi connectivity index (χ0) is 8.39. The maximum atomic E-state index is 5.25.